The molecule has 0 aromatic rings. The van der Waals surface area contributed by atoms with Crippen LogP contribution in [0.2, 0.25) is 0 Å². The smallest absolute Gasteiger partial charge is 0.305 e. The number of carbonyl (C=O) groups is 2. The van der Waals surface area contributed by atoms with Crippen LogP contribution in [-0.4, -0.2) is 41.8 Å². The van der Waals surface area contributed by atoms with E-state index in [1.54, 1.807) is 0 Å². The third-order valence-corrected chi connectivity index (χ3v) is 4.03. The topological polar surface area (TPSA) is 102 Å². The van der Waals surface area contributed by atoms with Gasteiger partial charge in [-0.2, -0.15) is 0 Å². The van der Waals surface area contributed by atoms with Crippen LogP contribution in [0.25, 0.3) is 0 Å². The summed E-state index contributed by atoms with van der Waals surface area (Å²) in [4.78, 5) is 22.4. The van der Waals surface area contributed by atoms with Crippen molar-refractivity contribution < 1.29 is 19.4 Å². The summed E-state index contributed by atoms with van der Waals surface area (Å²) in [7, 11) is 0. The SMILES string of the molecule is CC(C)(C)C(OCC1CC1NC(=O)[C@@H](N)CC(=O)O)C(C)(C)C. The number of carboxylic acid groups (broad SMARTS) is 1. The van der Waals surface area contributed by atoms with Crippen LogP contribution >= 0.6 is 0 Å². The molecule has 0 saturated heterocycles. The molecule has 0 spiro atoms. The number of carbonyl (C=O) groups excluding carboxylic acids is 1. The normalized spacial score (nSPS) is 22.8. The third-order valence-electron chi connectivity index (χ3n) is 4.03. The molecule has 23 heavy (non-hydrogen) atoms. The first kappa shape index (κ1) is 19.9. The first-order valence-corrected chi connectivity index (χ1v) is 8.21. The van der Waals surface area contributed by atoms with E-state index in [4.69, 9.17) is 15.6 Å². The summed E-state index contributed by atoms with van der Waals surface area (Å²) < 4.78 is 6.16. The lowest BCUT2D eigenvalue weighted by atomic mass is 9.74. The van der Waals surface area contributed by atoms with Crippen LogP contribution in [0.4, 0.5) is 0 Å². The molecule has 6 nitrogen and oxygen atoms in total. The highest BCUT2D eigenvalue weighted by Gasteiger charge is 2.42. The number of nitrogens with two attached hydrogens (primary N) is 1. The van der Waals surface area contributed by atoms with E-state index in [2.05, 4.69) is 46.9 Å². The van der Waals surface area contributed by atoms with E-state index in [0.717, 1.165) is 6.42 Å². The number of hydrogen-bond acceptors (Lipinski definition) is 4. The molecule has 0 aliphatic heterocycles. The summed E-state index contributed by atoms with van der Waals surface area (Å²) in [6, 6.07) is -0.950. The van der Waals surface area contributed by atoms with Crippen molar-refractivity contribution in [2.75, 3.05) is 6.61 Å². The first-order chi connectivity index (χ1) is 10.3. The molecule has 1 fully saturated rings. The maximum atomic E-state index is 11.8. The van der Waals surface area contributed by atoms with Crippen LogP contribution in [0, 0.1) is 16.7 Å². The van der Waals surface area contributed by atoms with Crippen molar-refractivity contribution >= 4 is 11.9 Å². The summed E-state index contributed by atoms with van der Waals surface area (Å²) in [5.41, 5.74) is 5.63. The van der Waals surface area contributed by atoms with Gasteiger partial charge in [-0.05, 0) is 17.3 Å². The molecule has 1 aliphatic rings. The minimum absolute atomic E-state index is 0.0374. The lowest BCUT2D eigenvalue weighted by Gasteiger charge is -2.40. The fourth-order valence-corrected chi connectivity index (χ4v) is 3.20. The molecule has 1 amide bonds. The van der Waals surface area contributed by atoms with E-state index in [0.29, 0.717) is 6.61 Å². The monoisotopic (exact) mass is 328 g/mol. The van der Waals surface area contributed by atoms with E-state index in [1.165, 1.54) is 0 Å². The second kappa shape index (κ2) is 7.18. The van der Waals surface area contributed by atoms with Gasteiger partial charge >= 0.3 is 5.97 Å². The van der Waals surface area contributed by atoms with Crippen molar-refractivity contribution in [3.05, 3.63) is 0 Å². The van der Waals surface area contributed by atoms with Crippen molar-refractivity contribution in [3.63, 3.8) is 0 Å². The maximum absolute atomic E-state index is 11.8. The van der Waals surface area contributed by atoms with E-state index < -0.39 is 17.9 Å². The van der Waals surface area contributed by atoms with E-state index in [-0.39, 0.29) is 35.3 Å². The lowest BCUT2D eigenvalue weighted by molar-refractivity contribution is -0.139. The quantitative estimate of drug-likeness (QED) is 0.661. The molecule has 0 aromatic heterocycles. The molecule has 1 saturated carbocycles. The molecule has 6 heteroatoms. The molecule has 2 unspecified atom stereocenters. The Hall–Kier alpha value is -1.14. The fourth-order valence-electron chi connectivity index (χ4n) is 3.20. The summed E-state index contributed by atoms with van der Waals surface area (Å²) in [6.45, 7) is 13.6. The average molecular weight is 328 g/mol. The zero-order chi connectivity index (χ0) is 18.0. The van der Waals surface area contributed by atoms with Crippen molar-refractivity contribution in [2.45, 2.75) is 72.6 Å². The second-order valence-corrected chi connectivity index (χ2v) is 8.76. The Morgan fingerprint density at radius 3 is 2.17 bits per heavy atom. The highest BCUT2D eigenvalue weighted by Crippen LogP contribution is 2.38. The van der Waals surface area contributed by atoms with Gasteiger partial charge in [0.25, 0.3) is 0 Å². The summed E-state index contributed by atoms with van der Waals surface area (Å²) in [6.07, 6.45) is 0.615. The number of ether oxygens (including phenoxy) is 1. The van der Waals surface area contributed by atoms with Gasteiger partial charge in [0.05, 0.1) is 25.2 Å². The number of nitrogens with one attached hydrogen (secondary N) is 1. The van der Waals surface area contributed by atoms with Crippen LogP contribution < -0.4 is 11.1 Å². The molecule has 0 aromatic carbocycles. The molecule has 0 heterocycles. The van der Waals surface area contributed by atoms with Crippen molar-refractivity contribution in [3.8, 4) is 0 Å². The standard InChI is InChI=1S/C17H32N2O4/c1-16(2,3)15(17(4,5)6)23-9-10-7-12(10)19-14(22)11(18)8-13(20)21/h10-12,15H,7-9,18H2,1-6H3,(H,19,22)(H,20,21)/t10?,11-,12?/m0/s1. The molecule has 0 radical (unpaired) electrons. The molecular formula is C17H32N2O4. The molecule has 134 valence electrons. The van der Waals surface area contributed by atoms with Crippen molar-refractivity contribution in [2.24, 2.45) is 22.5 Å². The Balaban J connectivity index is 2.42. The van der Waals surface area contributed by atoms with Crippen LogP contribution in [-0.2, 0) is 14.3 Å². The van der Waals surface area contributed by atoms with Gasteiger partial charge in [0.15, 0.2) is 0 Å². The Morgan fingerprint density at radius 2 is 1.74 bits per heavy atom. The minimum atomic E-state index is -1.07. The minimum Gasteiger partial charge on any atom is -0.481 e. The Bertz CT molecular complexity index is 423. The van der Waals surface area contributed by atoms with Gasteiger partial charge in [-0.15, -0.1) is 0 Å². The van der Waals surface area contributed by atoms with E-state index in [9.17, 15) is 9.59 Å². The zero-order valence-corrected chi connectivity index (χ0v) is 15.2. The first-order valence-electron chi connectivity index (χ1n) is 8.21. The lowest BCUT2D eigenvalue weighted by Crippen LogP contribution is -2.44. The third kappa shape index (κ3) is 6.47. The van der Waals surface area contributed by atoms with E-state index in [1.807, 2.05) is 0 Å². The highest BCUT2D eigenvalue weighted by atomic mass is 16.5. The van der Waals surface area contributed by atoms with Crippen LogP contribution in [0.5, 0.6) is 0 Å². The molecule has 1 rings (SSSR count). The molecule has 0 bridgehead atoms. The largest absolute Gasteiger partial charge is 0.481 e. The number of aliphatic carboxylic acids is 1. The number of amides is 1. The molecule has 1 aliphatic carbocycles. The summed E-state index contributed by atoms with van der Waals surface area (Å²) in [5.74, 6) is -1.19. The Labute approximate surface area is 139 Å². The Morgan fingerprint density at radius 1 is 1.22 bits per heavy atom. The van der Waals surface area contributed by atoms with Gasteiger partial charge in [0.1, 0.15) is 0 Å². The van der Waals surface area contributed by atoms with Crippen LogP contribution in [0.3, 0.4) is 0 Å². The predicted octanol–water partition coefficient (Wildman–Crippen LogP) is 1.77. The second-order valence-electron chi connectivity index (χ2n) is 8.76. The summed E-state index contributed by atoms with van der Waals surface area (Å²) in [5, 5.41) is 11.5. The molecular weight excluding hydrogens is 296 g/mol. The zero-order valence-electron chi connectivity index (χ0n) is 15.2. The predicted molar refractivity (Wildman–Crippen MR) is 88.9 cm³/mol. The van der Waals surface area contributed by atoms with Gasteiger partial charge in [0, 0.05) is 12.0 Å². The van der Waals surface area contributed by atoms with Gasteiger partial charge < -0.3 is 20.9 Å². The van der Waals surface area contributed by atoms with Crippen LogP contribution in [0.1, 0.15) is 54.4 Å². The van der Waals surface area contributed by atoms with E-state index >= 15 is 0 Å². The molecule has 3 atom stereocenters. The van der Waals surface area contributed by atoms with Crippen molar-refractivity contribution in [1.29, 1.82) is 0 Å². The maximum Gasteiger partial charge on any atom is 0.305 e. The van der Waals surface area contributed by atoms with Crippen LogP contribution in [0.15, 0.2) is 0 Å². The number of rotatable bonds is 7. The average Bonchev–Trinajstić information content (AvgIpc) is 3.02. The highest BCUT2D eigenvalue weighted by molar-refractivity contribution is 5.86. The van der Waals surface area contributed by atoms with Gasteiger partial charge in [-0.1, -0.05) is 41.5 Å². The van der Waals surface area contributed by atoms with Gasteiger partial charge in [-0.3, -0.25) is 9.59 Å². The number of hydrogen-bond donors (Lipinski definition) is 3. The van der Waals surface area contributed by atoms with Gasteiger partial charge in [-0.25, -0.2) is 0 Å². The fraction of sp³-hybridized carbons (Fsp3) is 0.882. The molecule has 4 N–H and O–H groups in total. The van der Waals surface area contributed by atoms with Crippen molar-refractivity contribution in [1.82, 2.24) is 5.32 Å². The number of carboxylic acids is 1. The Kier molecular flexibility index (Phi) is 6.21. The van der Waals surface area contributed by atoms with Gasteiger partial charge in [0.2, 0.25) is 5.91 Å². The summed E-state index contributed by atoms with van der Waals surface area (Å²) >= 11 is 0.